The number of aromatic nitrogens is 2. The van der Waals surface area contributed by atoms with Crippen LogP contribution < -0.4 is 5.32 Å². The summed E-state index contributed by atoms with van der Waals surface area (Å²) in [7, 11) is 0. The topological polar surface area (TPSA) is 39.1 Å². The lowest BCUT2D eigenvalue weighted by atomic mass is 9.92. The monoisotopic (exact) mass is 263 g/mol. The quantitative estimate of drug-likeness (QED) is 0.889. The van der Waals surface area contributed by atoms with Crippen LogP contribution in [-0.2, 0) is 23.2 Å². The largest absolute Gasteiger partial charge is 0.376 e. The molecular weight excluding hydrogens is 238 g/mol. The molecule has 4 nitrogen and oxygen atoms in total. The molecule has 1 saturated heterocycles. The van der Waals surface area contributed by atoms with Gasteiger partial charge >= 0.3 is 0 Å². The van der Waals surface area contributed by atoms with Crippen LogP contribution in [0, 0.1) is 0 Å². The molecule has 1 aromatic rings. The molecule has 106 valence electrons. The fourth-order valence-electron chi connectivity index (χ4n) is 3.41. The van der Waals surface area contributed by atoms with Crippen molar-refractivity contribution < 1.29 is 4.74 Å². The Labute approximate surface area is 115 Å². The smallest absolute Gasteiger partial charge is 0.112 e. The van der Waals surface area contributed by atoms with Gasteiger partial charge in [-0.25, -0.2) is 4.98 Å². The third kappa shape index (κ3) is 1.93. The van der Waals surface area contributed by atoms with Gasteiger partial charge in [-0.1, -0.05) is 13.8 Å². The summed E-state index contributed by atoms with van der Waals surface area (Å²) in [6.45, 7) is 11.8. The molecule has 4 heteroatoms. The Balaban J connectivity index is 2.15. The van der Waals surface area contributed by atoms with E-state index in [4.69, 9.17) is 9.72 Å². The summed E-state index contributed by atoms with van der Waals surface area (Å²) >= 11 is 0. The number of nitrogens with one attached hydrogen (secondary N) is 1. The van der Waals surface area contributed by atoms with Crippen LogP contribution in [0.3, 0.4) is 0 Å². The number of fused-ring (bicyclic) bond motifs is 1. The number of nitrogens with zero attached hydrogens (tertiary/aromatic N) is 2. The van der Waals surface area contributed by atoms with Crippen molar-refractivity contribution in [2.24, 2.45) is 0 Å². The van der Waals surface area contributed by atoms with Gasteiger partial charge < -0.3 is 14.6 Å². The zero-order valence-electron chi connectivity index (χ0n) is 12.5. The van der Waals surface area contributed by atoms with E-state index in [1.54, 1.807) is 0 Å². The maximum Gasteiger partial charge on any atom is 0.112 e. The molecule has 1 N–H and O–H groups in total. The van der Waals surface area contributed by atoms with Crippen molar-refractivity contribution in [3.05, 3.63) is 17.2 Å². The predicted octanol–water partition coefficient (Wildman–Crippen LogP) is 2.18. The maximum atomic E-state index is 5.85. The third-order valence-electron chi connectivity index (χ3n) is 4.79. The molecule has 1 fully saturated rings. The van der Waals surface area contributed by atoms with E-state index in [0.717, 1.165) is 32.5 Å². The van der Waals surface area contributed by atoms with E-state index in [2.05, 4.69) is 37.6 Å². The van der Waals surface area contributed by atoms with Gasteiger partial charge in [0.25, 0.3) is 0 Å². The molecule has 2 unspecified atom stereocenters. The van der Waals surface area contributed by atoms with Crippen molar-refractivity contribution in [2.75, 3.05) is 13.2 Å². The number of rotatable bonds is 2. The standard InChI is InChI=1S/C15H25N3O/c1-10(2)14-17-12-9-16-7-5-13(12)18(14)15(4)6-8-19-11(15)3/h10-11,16H,5-9H2,1-4H3. The number of imidazole rings is 1. The highest BCUT2D eigenvalue weighted by atomic mass is 16.5. The van der Waals surface area contributed by atoms with Crippen molar-refractivity contribution in [1.82, 2.24) is 14.9 Å². The molecule has 3 rings (SSSR count). The van der Waals surface area contributed by atoms with Crippen LogP contribution in [0.2, 0.25) is 0 Å². The van der Waals surface area contributed by atoms with Crippen LogP contribution in [0.15, 0.2) is 0 Å². The zero-order valence-corrected chi connectivity index (χ0v) is 12.5. The Morgan fingerprint density at radius 1 is 1.47 bits per heavy atom. The summed E-state index contributed by atoms with van der Waals surface area (Å²) in [5.41, 5.74) is 2.75. The van der Waals surface area contributed by atoms with Gasteiger partial charge in [0, 0.05) is 37.7 Å². The molecule has 2 atom stereocenters. The van der Waals surface area contributed by atoms with Crippen LogP contribution >= 0.6 is 0 Å². The Bertz CT molecular complexity index is 480. The van der Waals surface area contributed by atoms with E-state index >= 15 is 0 Å². The summed E-state index contributed by atoms with van der Waals surface area (Å²) < 4.78 is 8.37. The molecule has 1 aromatic heterocycles. The minimum absolute atomic E-state index is 0.0670. The lowest BCUT2D eigenvalue weighted by Gasteiger charge is -2.34. The van der Waals surface area contributed by atoms with Gasteiger partial charge in [-0.2, -0.15) is 0 Å². The highest BCUT2D eigenvalue weighted by molar-refractivity contribution is 5.25. The van der Waals surface area contributed by atoms with E-state index in [9.17, 15) is 0 Å². The Morgan fingerprint density at radius 3 is 2.89 bits per heavy atom. The highest BCUT2D eigenvalue weighted by Crippen LogP contribution is 2.38. The normalized spacial score (nSPS) is 30.9. The molecule has 3 heterocycles. The van der Waals surface area contributed by atoms with Gasteiger partial charge in [-0.15, -0.1) is 0 Å². The van der Waals surface area contributed by atoms with Crippen LogP contribution in [0.5, 0.6) is 0 Å². The molecule has 0 bridgehead atoms. The molecule has 2 aliphatic heterocycles. The first kappa shape index (κ1) is 13.1. The van der Waals surface area contributed by atoms with Gasteiger partial charge in [-0.05, 0) is 20.3 Å². The Morgan fingerprint density at radius 2 is 2.26 bits per heavy atom. The molecule has 0 aromatic carbocycles. The van der Waals surface area contributed by atoms with Crippen molar-refractivity contribution in [2.45, 2.75) is 64.6 Å². The average molecular weight is 263 g/mol. The van der Waals surface area contributed by atoms with E-state index in [1.807, 2.05) is 0 Å². The molecule has 0 amide bonds. The average Bonchev–Trinajstić information content (AvgIpc) is 2.92. The minimum atomic E-state index is 0.0670. The van der Waals surface area contributed by atoms with Gasteiger partial charge in [0.2, 0.25) is 0 Å². The van der Waals surface area contributed by atoms with Crippen molar-refractivity contribution >= 4 is 0 Å². The van der Waals surface area contributed by atoms with Crippen LogP contribution in [0.4, 0.5) is 0 Å². The van der Waals surface area contributed by atoms with Crippen molar-refractivity contribution in [3.8, 4) is 0 Å². The molecule has 2 aliphatic rings. The lowest BCUT2D eigenvalue weighted by Crippen LogP contribution is -2.40. The first-order chi connectivity index (χ1) is 9.04. The second kappa shape index (κ2) is 4.60. The molecule has 0 spiro atoms. The summed E-state index contributed by atoms with van der Waals surface area (Å²) in [4.78, 5) is 4.92. The molecule has 0 radical (unpaired) electrons. The minimum Gasteiger partial charge on any atom is -0.376 e. The fourth-order valence-corrected chi connectivity index (χ4v) is 3.41. The van der Waals surface area contributed by atoms with E-state index < -0.39 is 0 Å². The van der Waals surface area contributed by atoms with Crippen molar-refractivity contribution in [1.29, 1.82) is 0 Å². The second-order valence-electron chi connectivity index (χ2n) is 6.40. The lowest BCUT2D eigenvalue weighted by molar-refractivity contribution is 0.0732. The third-order valence-corrected chi connectivity index (χ3v) is 4.79. The summed E-state index contributed by atoms with van der Waals surface area (Å²) in [6.07, 6.45) is 2.43. The summed E-state index contributed by atoms with van der Waals surface area (Å²) in [6, 6.07) is 0. The first-order valence-electron chi connectivity index (χ1n) is 7.47. The first-order valence-corrected chi connectivity index (χ1v) is 7.47. The SMILES string of the molecule is CC(C)c1nc2c(n1C1(C)CCOC1C)CCNC2. The molecule has 0 saturated carbocycles. The maximum absolute atomic E-state index is 5.85. The van der Waals surface area contributed by atoms with Crippen molar-refractivity contribution in [3.63, 3.8) is 0 Å². The van der Waals surface area contributed by atoms with Crippen LogP contribution in [0.1, 0.15) is 57.2 Å². The molecule has 19 heavy (non-hydrogen) atoms. The van der Waals surface area contributed by atoms with E-state index in [0.29, 0.717) is 5.92 Å². The number of hydrogen-bond acceptors (Lipinski definition) is 3. The van der Waals surface area contributed by atoms with Gasteiger partial charge in [0.1, 0.15) is 5.82 Å². The Kier molecular flexibility index (Phi) is 3.18. The molecular formula is C15H25N3O. The van der Waals surface area contributed by atoms with E-state index in [-0.39, 0.29) is 11.6 Å². The fraction of sp³-hybridized carbons (Fsp3) is 0.800. The summed E-state index contributed by atoms with van der Waals surface area (Å²) in [5.74, 6) is 1.68. The number of hydrogen-bond donors (Lipinski definition) is 1. The molecule has 0 aliphatic carbocycles. The van der Waals surface area contributed by atoms with E-state index in [1.165, 1.54) is 17.2 Å². The Hall–Kier alpha value is -0.870. The zero-order chi connectivity index (χ0) is 13.6. The van der Waals surface area contributed by atoms with Crippen LogP contribution in [-0.4, -0.2) is 28.8 Å². The second-order valence-corrected chi connectivity index (χ2v) is 6.40. The van der Waals surface area contributed by atoms with Crippen LogP contribution in [0.25, 0.3) is 0 Å². The predicted molar refractivity (Wildman–Crippen MR) is 75.4 cm³/mol. The van der Waals surface area contributed by atoms with Gasteiger partial charge in [0.15, 0.2) is 0 Å². The number of ether oxygens (including phenoxy) is 1. The van der Waals surface area contributed by atoms with Gasteiger partial charge in [-0.3, -0.25) is 0 Å². The highest BCUT2D eigenvalue weighted by Gasteiger charge is 2.42. The summed E-state index contributed by atoms with van der Waals surface area (Å²) in [5, 5.41) is 3.43. The van der Waals surface area contributed by atoms with Gasteiger partial charge in [0.05, 0.1) is 17.3 Å².